The van der Waals surface area contributed by atoms with Crippen LogP contribution in [0, 0.1) is 0 Å². The second-order valence-electron chi connectivity index (χ2n) is 4.30. The summed E-state index contributed by atoms with van der Waals surface area (Å²) < 4.78 is 0.948. The molecule has 2 N–H and O–H groups in total. The summed E-state index contributed by atoms with van der Waals surface area (Å²) in [7, 11) is 0. The van der Waals surface area contributed by atoms with Gasteiger partial charge in [0.1, 0.15) is 0 Å². The van der Waals surface area contributed by atoms with Gasteiger partial charge >= 0.3 is 0 Å². The molecule has 2 aromatic rings. The Bertz CT molecular complexity index is 594. The van der Waals surface area contributed by atoms with Crippen molar-refractivity contribution in [2.75, 3.05) is 11.9 Å². The standard InChI is InChI=1S/C12H12ClN3OS/c13-8-2-1-3-9-11(8)18-12(16-9)14-6-10(17)15-7-4-5-7/h1-3,7H,4-6H2,(H,14,16)(H,15,17). The largest absolute Gasteiger partial charge is 0.352 e. The lowest BCUT2D eigenvalue weighted by molar-refractivity contribution is -0.119. The van der Waals surface area contributed by atoms with Crippen LogP contribution in [0.5, 0.6) is 0 Å². The Balaban J connectivity index is 1.66. The van der Waals surface area contributed by atoms with Crippen LogP contribution in [0.4, 0.5) is 5.13 Å². The maximum absolute atomic E-state index is 11.5. The molecule has 1 saturated carbocycles. The third-order valence-electron chi connectivity index (χ3n) is 2.71. The third-order valence-corrected chi connectivity index (χ3v) is 4.20. The van der Waals surface area contributed by atoms with Crippen molar-refractivity contribution in [2.45, 2.75) is 18.9 Å². The number of thiazole rings is 1. The highest BCUT2D eigenvalue weighted by atomic mass is 35.5. The molecule has 6 heteroatoms. The van der Waals surface area contributed by atoms with Crippen molar-refractivity contribution >= 4 is 44.2 Å². The van der Waals surface area contributed by atoms with E-state index in [1.165, 1.54) is 11.3 Å². The van der Waals surface area contributed by atoms with Gasteiger partial charge in [-0.2, -0.15) is 0 Å². The lowest BCUT2D eigenvalue weighted by Crippen LogP contribution is -2.31. The molecule has 1 amide bonds. The lowest BCUT2D eigenvalue weighted by Gasteiger charge is -2.03. The Morgan fingerprint density at radius 1 is 1.50 bits per heavy atom. The van der Waals surface area contributed by atoms with Crippen molar-refractivity contribution in [1.82, 2.24) is 10.3 Å². The van der Waals surface area contributed by atoms with Crippen LogP contribution < -0.4 is 10.6 Å². The lowest BCUT2D eigenvalue weighted by atomic mass is 10.3. The van der Waals surface area contributed by atoms with Crippen molar-refractivity contribution in [3.8, 4) is 0 Å². The van der Waals surface area contributed by atoms with Crippen molar-refractivity contribution in [1.29, 1.82) is 0 Å². The number of carbonyl (C=O) groups excluding carboxylic acids is 1. The van der Waals surface area contributed by atoms with E-state index in [0.717, 1.165) is 28.2 Å². The van der Waals surface area contributed by atoms with Gasteiger partial charge in [-0.25, -0.2) is 4.98 Å². The number of aromatic nitrogens is 1. The second-order valence-corrected chi connectivity index (χ2v) is 5.71. The summed E-state index contributed by atoms with van der Waals surface area (Å²) in [5.41, 5.74) is 0.859. The monoisotopic (exact) mass is 281 g/mol. The van der Waals surface area contributed by atoms with E-state index >= 15 is 0 Å². The number of fused-ring (bicyclic) bond motifs is 1. The molecule has 1 aliphatic carbocycles. The Morgan fingerprint density at radius 3 is 3.06 bits per heavy atom. The molecule has 3 rings (SSSR count). The molecule has 0 spiro atoms. The number of halogens is 1. The van der Waals surface area contributed by atoms with Gasteiger partial charge in [0, 0.05) is 6.04 Å². The van der Waals surface area contributed by atoms with Gasteiger partial charge in [0.2, 0.25) is 5.91 Å². The van der Waals surface area contributed by atoms with Gasteiger partial charge in [0.15, 0.2) is 5.13 Å². The molecule has 4 nitrogen and oxygen atoms in total. The topological polar surface area (TPSA) is 54.0 Å². The van der Waals surface area contributed by atoms with E-state index in [4.69, 9.17) is 11.6 Å². The SMILES string of the molecule is O=C(CNc1nc2cccc(Cl)c2s1)NC1CC1. The summed E-state index contributed by atoms with van der Waals surface area (Å²) in [4.78, 5) is 15.9. The van der Waals surface area contributed by atoms with Crippen molar-refractivity contribution in [2.24, 2.45) is 0 Å². The molecule has 0 aliphatic heterocycles. The number of amides is 1. The first-order valence-electron chi connectivity index (χ1n) is 5.80. The smallest absolute Gasteiger partial charge is 0.239 e. The number of hydrogen-bond donors (Lipinski definition) is 2. The van der Waals surface area contributed by atoms with Gasteiger partial charge in [0.05, 0.1) is 21.8 Å². The predicted octanol–water partition coefficient (Wildman–Crippen LogP) is 2.64. The zero-order chi connectivity index (χ0) is 12.5. The van der Waals surface area contributed by atoms with E-state index < -0.39 is 0 Å². The van der Waals surface area contributed by atoms with Crippen molar-refractivity contribution < 1.29 is 4.79 Å². The Morgan fingerprint density at radius 2 is 2.33 bits per heavy atom. The fourth-order valence-corrected chi connectivity index (χ4v) is 2.80. The van der Waals surface area contributed by atoms with Crippen LogP contribution in [0.2, 0.25) is 5.02 Å². The van der Waals surface area contributed by atoms with Crippen LogP contribution in [0.25, 0.3) is 10.2 Å². The minimum Gasteiger partial charge on any atom is -0.352 e. The average Bonchev–Trinajstić information content (AvgIpc) is 3.04. The van der Waals surface area contributed by atoms with Crippen LogP contribution in [0.3, 0.4) is 0 Å². The quantitative estimate of drug-likeness (QED) is 0.906. The summed E-state index contributed by atoms with van der Waals surface area (Å²) in [6, 6.07) is 6.01. The van der Waals surface area contributed by atoms with E-state index in [0.29, 0.717) is 11.1 Å². The van der Waals surface area contributed by atoms with Crippen LogP contribution in [-0.2, 0) is 4.79 Å². The Labute approximate surface area is 113 Å². The molecule has 0 saturated heterocycles. The molecule has 1 aromatic heterocycles. The maximum Gasteiger partial charge on any atom is 0.239 e. The number of hydrogen-bond acceptors (Lipinski definition) is 4. The summed E-state index contributed by atoms with van der Waals surface area (Å²) in [6.07, 6.45) is 2.20. The molecule has 1 aliphatic rings. The number of anilines is 1. The number of carbonyl (C=O) groups is 1. The molecule has 94 valence electrons. The second kappa shape index (κ2) is 4.74. The minimum absolute atomic E-state index is 0.0165. The maximum atomic E-state index is 11.5. The van der Waals surface area contributed by atoms with E-state index in [9.17, 15) is 4.79 Å². The van der Waals surface area contributed by atoms with Gasteiger partial charge < -0.3 is 10.6 Å². The molecule has 1 heterocycles. The van der Waals surface area contributed by atoms with E-state index in [1.807, 2.05) is 18.2 Å². The Kier molecular flexibility index (Phi) is 3.09. The van der Waals surface area contributed by atoms with E-state index in [2.05, 4.69) is 15.6 Å². The third kappa shape index (κ3) is 2.57. The van der Waals surface area contributed by atoms with Crippen LogP contribution in [0.1, 0.15) is 12.8 Å². The van der Waals surface area contributed by atoms with Gasteiger partial charge in [-0.1, -0.05) is 29.0 Å². The number of nitrogens with one attached hydrogen (secondary N) is 2. The first-order valence-corrected chi connectivity index (χ1v) is 7.00. The summed E-state index contributed by atoms with van der Waals surface area (Å²) >= 11 is 7.54. The fourth-order valence-electron chi connectivity index (χ4n) is 1.65. The summed E-state index contributed by atoms with van der Waals surface area (Å²) in [5, 5.41) is 7.37. The fraction of sp³-hybridized carbons (Fsp3) is 0.333. The molecular weight excluding hydrogens is 270 g/mol. The summed E-state index contributed by atoms with van der Waals surface area (Å²) in [5.74, 6) is 0.0165. The average molecular weight is 282 g/mol. The first-order chi connectivity index (χ1) is 8.72. The van der Waals surface area contributed by atoms with Gasteiger partial charge in [0.25, 0.3) is 0 Å². The molecule has 18 heavy (non-hydrogen) atoms. The molecule has 1 aromatic carbocycles. The number of rotatable bonds is 4. The molecule has 0 radical (unpaired) electrons. The van der Waals surface area contributed by atoms with Crippen LogP contribution >= 0.6 is 22.9 Å². The number of nitrogens with zero attached hydrogens (tertiary/aromatic N) is 1. The predicted molar refractivity (Wildman–Crippen MR) is 74.3 cm³/mol. The van der Waals surface area contributed by atoms with Gasteiger partial charge in [-0.15, -0.1) is 0 Å². The van der Waals surface area contributed by atoms with Crippen molar-refractivity contribution in [3.05, 3.63) is 23.2 Å². The molecule has 0 atom stereocenters. The van der Waals surface area contributed by atoms with Crippen molar-refractivity contribution in [3.63, 3.8) is 0 Å². The number of benzene rings is 1. The van der Waals surface area contributed by atoms with Gasteiger partial charge in [-0.3, -0.25) is 4.79 Å². The van der Waals surface area contributed by atoms with E-state index in [1.54, 1.807) is 0 Å². The highest BCUT2D eigenvalue weighted by Crippen LogP contribution is 2.31. The zero-order valence-electron chi connectivity index (χ0n) is 9.57. The summed E-state index contributed by atoms with van der Waals surface area (Å²) in [6.45, 7) is 0.258. The van der Waals surface area contributed by atoms with Gasteiger partial charge in [-0.05, 0) is 25.0 Å². The highest BCUT2D eigenvalue weighted by Gasteiger charge is 2.22. The van der Waals surface area contributed by atoms with Crippen LogP contribution in [-0.4, -0.2) is 23.5 Å². The molecular formula is C12H12ClN3OS. The first kappa shape index (κ1) is 11.7. The molecule has 0 unspecified atom stereocenters. The Hall–Kier alpha value is -1.33. The highest BCUT2D eigenvalue weighted by molar-refractivity contribution is 7.22. The van der Waals surface area contributed by atoms with E-state index in [-0.39, 0.29) is 12.5 Å². The molecule has 1 fully saturated rings. The van der Waals surface area contributed by atoms with Crippen LogP contribution in [0.15, 0.2) is 18.2 Å². The minimum atomic E-state index is 0.0165. The molecule has 0 bridgehead atoms. The zero-order valence-corrected chi connectivity index (χ0v) is 11.1. The normalized spacial score (nSPS) is 14.7.